The highest BCUT2D eigenvalue weighted by Gasteiger charge is 2.16. The predicted molar refractivity (Wildman–Crippen MR) is 120 cm³/mol. The van der Waals surface area contributed by atoms with Crippen molar-refractivity contribution in [2.24, 2.45) is 0 Å². The van der Waals surface area contributed by atoms with E-state index < -0.39 is 0 Å². The van der Waals surface area contributed by atoms with Gasteiger partial charge in [-0.15, -0.1) is 0 Å². The van der Waals surface area contributed by atoms with Gasteiger partial charge in [-0.3, -0.25) is 10.3 Å². The number of hydrogen-bond donors (Lipinski definition) is 3. The number of phenols is 1. The van der Waals surface area contributed by atoms with Crippen molar-refractivity contribution in [2.75, 3.05) is 31.7 Å². The molecule has 0 aliphatic carbocycles. The molecule has 1 aliphatic heterocycles. The van der Waals surface area contributed by atoms with Gasteiger partial charge in [0, 0.05) is 19.6 Å². The largest absolute Gasteiger partial charge is 0.507 e. The SMILES string of the molecule is CC(C)c1ccc(O)c(-c2n[nH]c(=S)n2Nc2cccc(CN3CCOCC3)c2)c1. The highest BCUT2D eigenvalue weighted by Crippen LogP contribution is 2.31. The van der Waals surface area contributed by atoms with Crippen molar-refractivity contribution in [3.8, 4) is 17.1 Å². The minimum atomic E-state index is 0.164. The van der Waals surface area contributed by atoms with Crippen LogP contribution in [-0.2, 0) is 11.3 Å². The number of aromatic amines is 1. The van der Waals surface area contributed by atoms with Crippen LogP contribution in [0.5, 0.6) is 5.75 Å². The standard InChI is InChI=1S/C22H27N5O2S/c1-15(2)17-6-7-20(28)19(13-17)21-23-24-22(30)27(21)25-18-5-3-4-16(12-18)14-26-8-10-29-11-9-26/h3-7,12-13,15,25,28H,8-11,14H2,1-2H3,(H,24,30). The quantitative estimate of drug-likeness (QED) is 0.515. The van der Waals surface area contributed by atoms with Gasteiger partial charge in [0.2, 0.25) is 4.77 Å². The van der Waals surface area contributed by atoms with E-state index in [-0.39, 0.29) is 5.75 Å². The van der Waals surface area contributed by atoms with Gasteiger partial charge in [-0.1, -0.05) is 32.0 Å². The number of anilines is 1. The second kappa shape index (κ2) is 8.99. The molecule has 0 spiro atoms. The van der Waals surface area contributed by atoms with Gasteiger partial charge >= 0.3 is 0 Å². The number of phenolic OH excluding ortho intramolecular Hbond substituents is 1. The summed E-state index contributed by atoms with van der Waals surface area (Å²) in [6.45, 7) is 8.56. The average molecular weight is 426 g/mol. The van der Waals surface area contributed by atoms with Crippen LogP contribution in [0.2, 0.25) is 0 Å². The number of nitrogens with one attached hydrogen (secondary N) is 2. The van der Waals surface area contributed by atoms with Gasteiger partial charge in [-0.05, 0) is 53.5 Å². The number of hydrogen-bond acceptors (Lipinski definition) is 6. The Balaban J connectivity index is 1.61. The molecule has 1 fully saturated rings. The van der Waals surface area contributed by atoms with Crippen molar-refractivity contribution < 1.29 is 9.84 Å². The van der Waals surface area contributed by atoms with Gasteiger partial charge in [0.1, 0.15) is 5.75 Å². The molecule has 1 aliphatic rings. The first kappa shape index (κ1) is 20.6. The maximum absolute atomic E-state index is 10.5. The molecule has 1 aromatic heterocycles. The molecule has 0 saturated carbocycles. The zero-order valence-corrected chi connectivity index (χ0v) is 18.1. The Hall–Kier alpha value is -2.68. The van der Waals surface area contributed by atoms with Gasteiger partial charge in [0.05, 0.1) is 24.5 Å². The normalized spacial score (nSPS) is 14.9. The Kier molecular flexibility index (Phi) is 6.17. The molecule has 3 N–H and O–H groups in total. The lowest BCUT2D eigenvalue weighted by atomic mass is 10.00. The Labute approximate surface area is 181 Å². The molecule has 0 unspecified atom stereocenters. The van der Waals surface area contributed by atoms with Gasteiger partial charge in [-0.25, -0.2) is 9.77 Å². The van der Waals surface area contributed by atoms with E-state index in [0.717, 1.165) is 44.1 Å². The van der Waals surface area contributed by atoms with Crippen LogP contribution in [0.4, 0.5) is 5.69 Å². The molecule has 4 rings (SSSR count). The summed E-state index contributed by atoms with van der Waals surface area (Å²) in [4.78, 5) is 2.38. The molecule has 2 heterocycles. The van der Waals surface area contributed by atoms with Crippen LogP contribution in [0.15, 0.2) is 42.5 Å². The molecule has 0 amide bonds. The number of ether oxygens (including phenoxy) is 1. The minimum absolute atomic E-state index is 0.164. The van der Waals surface area contributed by atoms with E-state index in [4.69, 9.17) is 17.0 Å². The number of H-pyrrole nitrogens is 1. The summed E-state index contributed by atoms with van der Waals surface area (Å²) in [5.41, 5.74) is 7.20. The molecule has 0 bridgehead atoms. The third-order valence-corrected chi connectivity index (χ3v) is 5.55. The number of aromatic nitrogens is 3. The van der Waals surface area contributed by atoms with Gasteiger partial charge in [0.15, 0.2) is 5.82 Å². The zero-order valence-electron chi connectivity index (χ0n) is 17.3. The van der Waals surface area contributed by atoms with Crippen molar-refractivity contribution in [3.05, 3.63) is 58.4 Å². The van der Waals surface area contributed by atoms with Crippen molar-refractivity contribution in [2.45, 2.75) is 26.3 Å². The molecular weight excluding hydrogens is 398 g/mol. The summed E-state index contributed by atoms with van der Waals surface area (Å²) >= 11 is 5.44. The Morgan fingerprint density at radius 1 is 1.20 bits per heavy atom. The summed E-state index contributed by atoms with van der Waals surface area (Å²) in [5, 5.41) is 17.6. The minimum Gasteiger partial charge on any atom is -0.507 e. The smallest absolute Gasteiger partial charge is 0.214 e. The van der Waals surface area contributed by atoms with Crippen LogP contribution >= 0.6 is 12.2 Å². The number of rotatable bonds is 6. The molecule has 30 heavy (non-hydrogen) atoms. The predicted octanol–water partition coefficient (Wildman–Crippen LogP) is 4.14. The fourth-order valence-corrected chi connectivity index (χ4v) is 3.74. The first-order valence-electron chi connectivity index (χ1n) is 10.2. The lowest BCUT2D eigenvalue weighted by Gasteiger charge is -2.26. The molecule has 3 aromatic rings. The first-order valence-corrected chi connectivity index (χ1v) is 10.6. The van der Waals surface area contributed by atoms with Crippen molar-refractivity contribution in [1.29, 1.82) is 0 Å². The van der Waals surface area contributed by atoms with Crippen molar-refractivity contribution >= 4 is 17.9 Å². The van der Waals surface area contributed by atoms with E-state index in [9.17, 15) is 5.11 Å². The third kappa shape index (κ3) is 4.56. The van der Waals surface area contributed by atoms with E-state index in [1.807, 2.05) is 24.3 Å². The van der Waals surface area contributed by atoms with Gasteiger partial charge in [-0.2, -0.15) is 5.10 Å². The fraction of sp³-hybridized carbons (Fsp3) is 0.364. The number of benzene rings is 2. The van der Waals surface area contributed by atoms with E-state index in [0.29, 0.717) is 22.1 Å². The van der Waals surface area contributed by atoms with Crippen LogP contribution in [0.1, 0.15) is 30.9 Å². The van der Waals surface area contributed by atoms with Crippen LogP contribution in [-0.4, -0.2) is 51.2 Å². The number of morpholine rings is 1. The summed E-state index contributed by atoms with van der Waals surface area (Å²) in [6.07, 6.45) is 0. The van der Waals surface area contributed by atoms with Crippen molar-refractivity contribution in [3.63, 3.8) is 0 Å². The lowest BCUT2D eigenvalue weighted by molar-refractivity contribution is 0.0342. The third-order valence-electron chi connectivity index (χ3n) is 5.28. The highest BCUT2D eigenvalue weighted by atomic mass is 32.1. The summed E-state index contributed by atoms with van der Waals surface area (Å²) < 4.78 is 7.56. The van der Waals surface area contributed by atoms with Gasteiger partial charge in [0.25, 0.3) is 0 Å². The first-order chi connectivity index (χ1) is 14.5. The van der Waals surface area contributed by atoms with Crippen molar-refractivity contribution in [1.82, 2.24) is 19.8 Å². The van der Waals surface area contributed by atoms with E-state index in [1.165, 1.54) is 5.56 Å². The molecule has 1 saturated heterocycles. The molecular formula is C22H27N5O2S. The van der Waals surface area contributed by atoms with Crippen LogP contribution in [0.25, 0.3) is 11.4 Å². The van der Waals surface area contributed by atoms with Crippen LogP contribution < -0.4 is 5.43 Å². The highest BCUT2D eigenvalue weighted by molar-refractivity contribution is 7.71. The molecule has 0 radical (unpaired) electrons. The van der Waals surface area contributed by atoms with Crippen LogP contribution in [0, 0.1) is 4.77 Å². The average Bonchev–Trinajstić information content (AvgIpc) is 3.09. The monoisotopic (exact) mass is 425 g/mol. The molecule has 158 valence electrons. The topological polar surface area (TPSA) is 78.3 Å². The summed E-state index contributed by atoms with van der Waals surface area (Å²) in [5.74, 6) is 1.04. The Bertz CT molecular complexity index is 1070. The lowest BCUT2D eigenvalue weighted by Crippen LogP contribution is -2.35. The van der Waals surface area contributed by atoms with E-state index in [1.54, 1.807) is 10.7 Å². The molecule has 2 aromatic carbocycles. The molecule has 0 atom stereocenters. The second-order valence-electron chi connectivity index (χ2n) is 7.82. The second-order valence-corrected chi connectivity index (χ2v) is 8.21. The maximum atomic E-state index is 10.5. The fourth-order valence-electron chi connectivity index (χ4n) is 3.56. The van der Waals surface area contributed by atoms with E-state index in [2.05, 4.69) is 46.5 Å². The Morgan fingerprint density at radius 2 is 2.00 bits per heavy atom. The van der Waals surface area contributed by atoms with Crippen LogP contribution in [0.3, 0.4) is 0 Å². The Morgan fingerprint density at radius 3 is 2.77 bits per heavy atom. The summed E-state index contributed by atoms with van der Waals surface area (Å²) in [7, 11) is 0. The van der Waals surface area contributed by atoms with Gasteiger partial charge < -0.3 is 9.84 Å². The maximum Gasteiger partial charge on any atom is 0.214 e. The molecule has 7 nitrogen and oxygen atoms in total. The number of nitrogens with zero attached hydrogens (tertiary/aromatic N) is 3. The summed E-state index contributed by atoms with van der Waals surface area (Å²) in [6, 6.07) is 13.8. The zero-order chi connectivity index (χ0) is 21.1. The number of aromatic hydroxyl groups is 1. The molecule has 8 heteroatoms. The van der Waals surface area contributed by atoms with E-state index >= 15 is 0 Å².